The summed E-state index contributed by atoms with van der Waals surface area (Å²) in [6.07, 6.45) is -0.974. The smallest absolute Gasteiger partial charge is 0.330 e. The Labute approximate surface area is 142 Å². The van der Waals surface area contributed by atoms with Gasteiger partial charge in [0, 0.05) is 17.3 Å². The third-order valence-corrected chi connectivity index (χ3v) is 12.0. The maximum absolute atomic E-state index is 12.1. The number of aromatic amines is 1. The number of nitrogens with zero attached hydrogens (tertiary/aromatic N) is 1. The maximum Gasteiger partial charge on any atom is 0.330 e. The number of aliphatic hydroxyl groups excluding tert-OH is 2. The Kier molecular flexibility index (Phi) is 4.98. The van der Waals surface area contributed by atoms with E-state index in [0.29, 0.717) is 5.56 Å². The average Bonchev–Trinajstić information content (AvgIpc) is 2.79. The van der Waals surface area contributed by atoms with E-state index >= 15 is 0 Å². The Bertz CT molecular complexity index is 718. The number of aromatic nitrogens is 2. The number of H-pyrrole nitrogens is 1. The molecular weight excluding hydrogens is 328 g/mol. The summed E-state index contributed by atoms with van der Waals surface area (Å²) in [5.41, 5.74) is -0.945. The van der Waals surface area contributed by atoms with E-state index in [1.165, 1.54) is 10.8 Å². The number of rotatable bonds is 3. The highest BCUT2D eigenvalue weighted by molar-refractivity contribution is 6.81. The van der Waals surface area contributed by atoms with Crippen molar-refractivity contribution in [3.8, 4) is 0 Å². The minimum atomic E-state index is -2.06. The lowest BCUT2D eigenvalue weighted by Crippen LogP contribution is -2.50. The lowest BCUT2D eigenvalue weighted by atomic mass is 10.2. The molecule has 7 nitrogen and oxygen atoms in total. The first-order valence-corrected chi connectivity index (χ1v) is 11.3. The fraction of sp³-hybridized carbons (Fsp3) is 0.750. The summed E-state index contributed by atoms with van der Waals surface area (Å²) in [4.78, 5) is 25.9. The molecule has 0 radical (unpaired) electrons. The molecule has 2 rings (SSSR count). The first-order valence-electron chi connectivity index (χ1n) is 8.18. The summed E-state index contributed by atoms with van der Waals surface area (Å²) in [5.74, 6) is 0. The summed E-state index contributed by atoms with van der Waals surface area (Å²) in [6, 6.07) is 0. The largest absolute Gasteiger partial charge is 0.394 e. The Morgan fingerprint density at radius 1 is 1.33 bits per heavy atom. The van der Waals surface area contributed by atoms with Crippen LogP contribution in [0.1, 0.15) is 32.6 Å². The number of hydrogen-bond acceptors (Lipinski definition) is 5. The van der Waals surface area contributed by atoms with Crippen molar-refractivity contribution < 1.29 is 14.9 Å². The van der Waals surface area contributed by atoms with Crippen LogP contribution >= 0.6 is 0 Å². The van der Waals surface area contributed by atoms with E-state index in [-0.39, 0.29) is 17.2 Å². The summed E-state index contributed by atoms with van der Waals surface area (Å²) in [5, 5.41) is 20.7. The highest BCUT2D eigenvalue weighted by Crippen LogP contribution is 2.52. The van der Waals surface area contributed by atoms with E-state index in [0.717, 1.165) is 0 Å². The molecule has 0 aliphatic carbocycles. The van der Waals surface area contributed by atoms with E-state index in [2.05, 4.69) is 38.8 Å². The third kappa shape index (κ3) is 3.03. The third-order valence-electron chi connectivity index (χ3n) is 5.74. The molecule has 1 saturated heterocycles. The standard InChI is InChI=1S/C16H28N2O5Si/c1-9-7-18(15(22)17-13(9)21)14-11(20)12(10(8-19)23-14)24(5,6)16(2,3)4/h7,10-12,14,19-20H,8H2,1-6H3,(H,17,21,22)/t10-,11+,12?,14-/m1/s1. The highest BCUT2D eigenvalue weighted by atomic mass is 28.3. The second kappa shape index (κ2) is 6.25. The molecule has 0 saturated carbocycles. The van der Waals surface area contributed by atoms with Gasteiger partial charge in [-0.1, -0.05) is 33.9 Å². The minimum Gasteiger partial charge on any atom is -0.394 e. The zero-order chi connectivity index (χ0) is 18.4. The number of hydrogen-bond donors (Lipinski definition) is 3. The van der Waals surface area contributed by atoms with Crippen LogP contribution in [0.5, 0.6) is 0 Å². The van der Waals surface area contributed by atoms with Crippen molar-refractivity contribution in [2.75, 3.05) is 6.61 Å². The van der Waals surface area contributed by atoms with Gasteiger partial charge >= 0.3 is 5.69 Å². The molecule has 24 heavy (non-hydrogen) atoms. The quantitative estimate of drug-likeness (QED) is 0.700. The van der Waals surface area contributed by atoms with Crippen LogP contribution in [-0.4, -0.2) is 46.7 Å². The van der Waals surface area contributed by atoms with Crippen LogP contribution in [0.3, 0.4) is 0 Å². The van der Waals surface area contributed by atoms with Gasteiger partial charge in [-0.05, 0) is 12.0 Å². The van der Waals surface area contributed by atoms with Crippen LogP contribution in [0, 0.1) is 6.92 Å². The van der Waals surface area contributed by atoms with Crippen LogP contribution in [0.2, 0.25) is 23.7 Å². The highest BCUT2D eigenvalue weighted by Gasteiger charge is 2.55. The molecular formula is C16H28N2O5Si. The van der Waals surface area contributed by atoms with E-state index in [1.54, 1.807) is 6.92 Å². The topological polar surface area (TPSA) is 105 Å². The lowest BCUT2D eigenvalue weighted by Gasteiger charge is -2.44. The predicted octanol–water partition coefficient (Wildman–Crippen LogP) is 0.974. The molecule has 0 amide bonds. The first-order chi connectivity index (χ1) is 10.9. The van der Waals surface area contributed by atoms with Gasteiger partial charge in [0.05, 0.1) is 20.8 Å². The molecule has 8 heteroatoms. The second-order valence-electron chi connectivity index (χ2n) is 8.21. The second-order valence-corrected chi connectivity index (χ2v) is 13.8. The zero-order valence-electron chi connectivity index (χ0n) is 15.2. The molecule has 0 bridgehead atoms. The molecule has 0 aromatic carbocycles. The number of ether oxygens (including phenoxy) is 1. The molecule has 0 spiro atoms. The van der Waals surface area contributed by atoms with Gasteiger partial charge in [-0.15, -0.1) is 0 Å². The Balaban J connectivity index is 2.49. The fourth-order valence-corrected chi connectivity index (χ4v) is 6.43. The molecule has 1 unspecified atom stereocenters. The number of aryl methyl sites for hydroxylation is 1. The van der Waals surface area contributed by atoms with Gasteiger partial charge in [-0.25, -0.2) is 4.79 Å². The Hall–Kier alpha value is -1.22. The van der Waals surface area contributed by atoms with E-state index in [4.69, 9.17) is 4.74 Å². The molecule has 1 aliphatic rings. The number of nitrogens with one attached hydrogen (secondary N) is 1. The van der Waals surface area contributed by atoms with Gasteiger partial charge in [0.25, 0.3) is 5.56 Å². The van der Waals surface area contributed by atoms with Crippen molar-refractivity contribution in [1.82, 2.24) is 9.55 Å². The van der Waals surface area contributed by atoms with Crippen LogP contribution in [-0.2, 0) is 4.74 Å². The van der Waals surface area contributed by atoms with Crippen LogP contribution in [0.15, 0.2) is 15.8 Å². The summed E-state index contributed by atoms with van der Waals surface area (Å²) < 4.78 is 7.07. The van der Waals surface area contributed by atoms with Gasteiger partial charge in [0.1, 0.15) is 6.10 Å². The lowest BCUT2D eigenvalue weighted by molar-refractivity contribution is -0.0531. The molecule has 1 aliphatic heterocycles. The van der Waals surface area contributed by atoms with Crippen molar-refractivity contribution in [2.45, 2.75) is 69.8 Å². The van der Waals surface area contributed by atoms with E-state index in [9.17, 15) is 19.8 Å². The molecule has 1 aromatic rings. The van der Waals surface area contributed by atoms with Crippen LogP contribution < -0.4 is 11.2 Å². The van der Waals surface area contributed by atoms with E-state index in [1.807, 2.05) is 0 Å². The summed E-state index contributed by atoms with van der Waals surface area (Å²) >= 11 is 0. The molecule has 4 atom stereocenters. The van der Waals surface area contributed by atoms with Gasteiger partial charge in [-0.3, -0.25) is 14.3 Å². The van der Waals surface area contributed by atoms with Gasteiger partial charge < -0.3 is 14.9 Å². The van der Waals surface area contributed by atoms with Crippen molar-refractivity contribution in [1.29, 1.82) is 0 Å². The fourth-order valence-electron chi connectivity index (χ4n) is 3.30. The van der Waals surface area contributed by atoms with Crippen LogP contribution in [0.4, 0.5) is 0 Å². The Morgan fingerprint density at radius 3 is 2.42 bits per heavy atom. The molecule has 3 N–H and O–H groups in total. The summed E-state index contributed by atoms with van der Waals surface area (Å²) in [6.45, 7) is 12.1. The molecule has 1 fully saturated rings. The van der Waals surface area contributed by atoms with E-state index < -0.39 is 37.8 Å². The monoisotopic (exact) mass is 356 g/mol. The zero-order valence-corrected chi connectivity index (χ0v) is 16.2. The molecule has 136 valence electrons. The molecule has 1 aromatic heterocycles. The Morgan fingerprint density at radius 2 is 1.92 bits per heavy atom. The maximum atomic E-state index is 12.1. The van der Waals surface area contributed by atoms with Crippen molar-refractivity contribution >= 4 is 8.07 Å². The minimum absolute atomic E-state index is 0.0177. The van der Waals surface area contributed by atoms with Gasteiger partial charge in [0.2, 0.25) is 0 Å². The van der Waals surface area contributed by atoms with Gasteiger partial charge in [-0.2, -0.15) is 0 Å². The van der Waals surface area contributed by atoms with Crippen molar-refractivity contribution in [3.05, 3.63) is 32.6 Å². The average molecular weight is 356 g/mol. The van der Waals surface area contributed by atoms with Crippen LogP contribution in [0.25, 0.3) is 0 Å². The SMILES string of the molecule is Cc1cn([C@@H]2O[C@H](CO)C([Si](C)(C)C(C)(C)C)[C@@H]2O)c(=O)[nH]c1=O. The summed E-state index contributed by atoms with van der Waals surface area (Å²) in [7, 11) is -2.06. The van der Waals surface area contributed by atoms with Gasteiger partial charge in [0.15, 0.2) is 6.23 Å². The normalized spacial score (nSPS) is 28.3. The molecule has 2 heterocycles. The first kappa shape index (κ1) is 19.1. The van der Waals surface area contributed by atoms with Crippen molar-refractivity contribution in [3.63, 3.8) is 0 Å². The van der Waals surface area contributed by atoms with Crippen molar-refractivity contribution in [2.24, 2.45) is 0 Å². The number of aliphatic hydroxyl groups is 2. The predicted molar refractivity (Wildman–Crippen MR) is 94.0 cm³/mol.